The van der Waals surface area contributed by atoms with Crippen molar-refractivity contribution in [1.82, 2.24) is 4.90 Å². The monoisotopic (exact) mass is 585 g/mol. The molecule has 2 aliphatic heterocycles. The highest BCUT2D eigenvalue weighted by Gasteiger charge is 2.40. The SMILES string of the molecule is C#C.C1CCCCC1.CC[NH2+]CC1C(OC(C)(F)F)=CC=C/C1=C1/C[NH2+]CC1C(=O)N1CCCCC1.c1ccccc1. The van der Waals surface area contributed by atoms with Crippen LogP contribution in [0.15, 0.2) is 71.5 Å². The zero-order chi connectivity index (χ0) is 30.6. The summed E-state index contributed by atoms with van der Waals surface area (Å²) in [4.78, 5) is 15.1. The second kappa shape index (κ2) is 20.0. The number of terminal acetylenes is 1. The van der Waals surface area contributed by atoms with Gasteiger partial charge >= 0.3 is 6.11 Å². The van der Waals surface area contributed by atoms with Gasteiger partial charge in [-0.3, -0.25) is 4.79 Å². The molecule has 4 aliphatic rings. The van der Waals surface area contributed by atoms with Crippen molar-refractivity contribution < 1.29 is 28.9 Å². The van der Waals surface area contributed by atoms with Gasteiger partial charge in [-0.2, -0.15) is 8.78 Å². The minimum Gasteiger partial charge on any atom is -0.436 e. The molecule has 232 valence electrons. The van der Waals surface area contributed by atoms with Crippen molar-refractivity contribution in [3.63, 3.8) is 0 Å². The Morgan fingerprint density at radius 2 is 1.50 bits per heavy atom. The van der Waals surface area contributed by atoms with Gasteiger partial charge in [0.1, 0.15) is 11.7 Å². The minimum atomic E-state index is -3.22. The van der Waals surface area contributed by atoms with Gasteiger partial charge in [-0.05, 0) is 37.8 Å². The fourth-order valence-electron chi connectivity index (χ4n) is 5.89. The number of nitrogens with two attached hydrogens (primary N) is 2. The molecule has 2 aliphatic carbocycles. The lowest BCUT2D eigenvalue weighted by atomic mass is 9.84. The number of ether oxygens (including phenoxy) is 1. The molecule has 4 N–H and O–H groups in total. The Hall–Kier alpha value is -2.95. The van der Waals surface area contributed by atoms with Gasteiger partial charge in [0, 0.05) is 25.6 Å². The van der Waals surface area contributed by atoms with Crippen LogP contribution in [0.25, 0.3) is 0 Å². The van der Waals surface area contributed by atoms with E-state index >= 15 is 0 Å². The first-order valence-electron chi connectivity index (χ1n) is 15.8. The van der Waals surface area contributed by atoms with E-state index in [1.54, 1.807) is 12.2 Å². The molecule has 1 saturated carbocycles. The van der Waals surface area contributed by atoms with E-state index < -0.39 is 6.11 Å². The highest BCUT2D eigenvalue weighted by molar-refractivity contribution is 5.82. The number of likely N-dealkylation sites (tertiary alicyclic amines) is 1. The molecule has 2 saturated heterocycles. The van der Waals surface area contributed by atoms with Crippen molar-refractivity contribution >= 4 is 5.91 Å². The molecule has 2 heterocycles. The molecular formula is C35H53F2N3O2+2. The average molecular weight is 586 g/mol. The summed E-state index contributed by atoms with van der Waals surface area (Å²) in [6.07, 6.45) is 22.5. The third kappa shape index (κ3) is 12.5. The summed E-state index contributed by atoms with van der Waals surface area (Å²) < 4.78 is 32.2. The molecule has 5 nitrogen and oxygen atoms in total. The van der Waals surface area contributed by atoms with Crippen LogP contribution >= 0.6 is 0 Å². The van der Waals surface area contributed by atoms with E-state index in [9.17, 15) is 13.6 Å². The molecule has 7 heteroatoms. The zero-order valence-electron chi connectivity index (χ0n) is 25.8. The molecule has 1 amide bonds. The topological polar surface area (TPSA) is 62.8 Å². The summed E-state index contributed by atoms with van der Waals surface area (Å²) >= 11 is 0. The number of alkyl halides is 2. The van der Waals surface area contributed by atoms with Crippen molar-refractivity contribution in [2.24, 2.45) is 11.8 Å². The van der Waals surface area contributed by atoms with Crippen LogP contribution < -0.4 is 10.6 Å². The summed E-state index contributed by atoms with van der Waals surface area (Å²) in [6.45, 7) is 7.43. The molecule has 2 unspecified atom stereocenters. The Bertz CT molecular complexity index is 966. The van der Waals surface area contributed by atoms with Crippen LogP contribution in [0.4, 0.5) is 8.78 Å². The van der Waals surface area contributed by atoms with Crippen molar-refractivity contribution in [3.8, 4) is 12.8 Å². The van der Waals surface area contributed by atoms with Crippen molar-refractivity contribution in [3.05, 3.63) is 71.5 Å². The number of halogens is 2. The van der Waals surface area contributed by atoms with Crippen LogP contribution in [0.2, 0.25) is 0 Å². The summed E-state index contributed by atoms with van der Waals surface area (Å²) in [6, 6.07) is 12.0. The molecule has 42 heavy (non-hydrogen) atoms. The van der Waals surface area contributed by atoms with Gasteiger partial charge in [-0.1, -0.05) is 87.1 Å². The third-order valence-corrected chi connectivity index (χ3v) is 7.93. The van der Waals surface area contributed by atoms with E-state index in [-0.39, 0.29) is 17.7 Å². The van der Waals surface area contributed by atoms with E-state index in [4.69, 9.17) is 4.74 Å². The lowest BCUT2D eigenvalue weighted by Gasteiger charge is -2.30. The maximum Gasteiger partial charge on any atom is 0.394 e. The van der Waals surface area contributed by atoms with Gasteiger partial charge in [0.15, 0.2) is 0 Å². The van der Waals surface area contributed by atoms with Gasteiger partial charge in [0.2, 0.25) is 5.91 Å². The standard InChI is InChI=1S/C21H31F2N3O2.C6H12.C6H6.C2H2/c1-3-24-13-17-15(8-7-9-19(17)28-21(2,22)23)16-12-25-14-18(16)20(27)26-10-5-4-6-11-26;2*1-2-4-6-5-3-1;1-2/h7-9,17-18,24-25H,3-6,10-14H2,1-2H3;1-6H2;1-6H;1-2H/p+2/b16-15+;;;. The van der Waals surface area contributed by atoms with Crippen LogP contribution in [-0.4, -0.2) is 56.2 Å². The Labute approximate surface area is 252 Å². The maximum absolute atomic E-state index is 13.6. The fourth-order valence-corrected chi connectivity index (χ4v) is 5.89. The number of carbonyl (C=O) groups excluding carboxylic acids is 1. The minimum absolute atomic E-state index is 0.164. The highest BCUT2D eigenvalue weighted by Crippen LogP contribution is 2.35. The molecular weight excluding hydrogens is 532 g/mol. The number of nitrogens with zero attached hydrogens (tertiary/aromatic N) is 1. The summed E-state index contributed by atoms with van der Waals surface area (Å²) in [5.41, 5.74) is 2.06. The Balaban J connectivity index is 0.000000359. The molecule has 0 radical (unpaired) electrons. The van der Waals surface area contributed by atoms with E-state index in [1.165, 1.54) is 44.9 Å². The van der Waals surface area contributed by atoms with E-state index in [1.807, 2.05) is 54.3 Å². The smallest absolute Gasteiger partial charge is 0.394 e. The molecule has 2 atom stereocenters. The number of rotatable bonds is 6. The number of quaternary nitrogens is 2. The Morgan fingerprint density at radius 1 is 0.976 bits per heavy atom. The summed E-state index contributed by atoms with van der Waals surface area (Å²) in [5.74, 6) is 0.0657. The van der Waals surface area contributed by atoms with Gasteiger partial charge < -0.3 is 20.3 Å². The summed E-state index contributed by atoms with van der Waals surface area (Å²) in [5, 5.41) is 4.24. The second-order valence-corrected chi connectivity index (χ2v) is 11.2. The molecule has 1 aromatic rings. The number of benzene rings is 1. The van der Waals surface area contributed by atoms with Crippen LogP contribution in [0, 0.1) is 24.7 Å². The van der Waals surface area contributed by atoms with E-state index in [0.717, 1.165) is 63.6 Å². The quantitative estimate of drug-likeness (QED) is 0.459. The molecule has 0 spiro atoms. The first kappa shape index (κ1) is 35.2. The molecule has 3 fully saturated rings. The van der Waals surface area contributed by atoms with Gasteiger partial charge in [-0.25, -0.2) is 0 Å². The van der Waals surface area contributed by atoms with E-state index in [0.29, 0.717) is 12.3 Å². The van der Waals surface area contributed by atoms with Gasteiger partial charge in [0.05, 0.1) is 32.1 Å². The number of piperidine rings is 1. The average Bonchev–Trinajstić information content (AvgIpc) is 3.53. The predicted octanol–water partition coefficient (Wildman–Crippen LogP) is 5.05. The van der Waals surface area contributed by atoms with Crippen LogP contribution in [0.1, 0.15) is 71.6 Å². The van der Waals surface area contributed by atoms with Crippen molar-refractivity contribution in [2.45, 2.75) is 77.7 Å². The number of hydrogen-bond acceptors (Lipinski definition) is 2. The van der Waals surface area contributed by atoms with E-state index in [2.05, 4.69) is 23.5 Å². The third-order valence-electron chi connectivity index (χ3n) is 7.93. The fraction of sp³-hybridized carbons (Fsp3) is 0.571. The molecule has 1 aromatic carbocycles. The predicted molar refractivity (Wildman–Crippen MR) is 166 cm³/mol. The summed E-state index contributed by atoms with van der Waals surface area (Å²) in [7, 11) is 0. The van der Waals surface area contributed by atoms with Crippen LogP contribution in [0.3, 0.4) is 0 Å². The molecule has 0 bridgehead atoms. The lowest BCUT2D eigenvalue weighted by molar-refractivity contribution is -0.655. The van der Waals surface area contributed by atoms with Gasteiger partial charge in [0.25, 0.3) is 0 Å². The number of hydrogen-bond donors (Lipinski definition) is 2. The first-order valence-corrected chi connectivity index (χ1v) is 15.8. The zero-order valence-corrected chi connectivity index (χ0v) is 25.8. The second-order valence-electron chi connectivity index (χ2n) is 11.2. The normalized spacial score (nSPS) is 23.6. The largest absolute Gasteiger partial charge is 0.436 e. The van der Waals surface area contributed by atoms with Crippen LogP contribution in [-0.2, 0) is 9.53 Å². The van der Waals surface area contributed by atoms with Crippen LogP contribution in [0.5, 0.6) is 0 Å². The highest BCUT2D eigenvalue weighted by atomic mass is 19.3. The number of carbonyl (C=O) groups is 1. The van der Waals surface area contributed by atoms with Gasteiger partial charge in [-0.15, -0.1) is 12.8 Å². The lowest BCUT2D eigenvalue weighted by Crippen LogP contribution is -2.85. The Kier molecular flexibility index (Phi) is 16.8. The Morgan fingerprint density at radius 3 is 2.00 bits per heavy atom. The maximum atomic E-state index is 13.6. The number of allylic oxidation sites excluding steroid dienone is 3. The number of amides is 1. The molecule has 5 rings (SSSR count). The first-order chi connectivity index (χ1) is 20.4. The van der Waals surface area contributed by atoms with Crippen molar-refractivity contribution in [1.29, 1.82) is 0 Å². The molecule has 0 aromatic heterocycles. The van der Waals surface area contributed by atoms with Crippen molar-refractivity contribution in [2.75, 3.05) is 39.3 Å².